The van der Waals surface area contributed by atoms with Crippen molar-refractivity contribution in [2.24, 2.45) is 0 Å². The summed E-state index contributed by atoms with van der Waals surface area (Å²) in [4.78, 5) is 29.8. The lowest BCUT2D eigenvalue weighted by Crippen LogP contribution is -2.50. The number of aliphatic hydroxyl groups is 2. The molecule has 1 fully saturated rings. The molecule has 2 aromatic rings. The molecule has 25 heavy (non-hydrogen) atoms. The van der Waals surface area contributed by atoms with E-state index in [1.54, 1.807) is 0 Å². The van der Waals surface area contributed by atoms with E-state index < -0.39 is 38.7 Å². The Bertz CT molecular complexity index is 840. The molecule has 1 aliphatic rings. The van der Waals surface area contributed by atoms with E-state index in [0.717, 1.165) is 0 Å². The van der Waals surface area contributed by atoms with Crippen LogP contribution in [0.15, 0.2) is 12.7 Å². The molecule has 0 aromatic carbocycles. The average molecular weight is 369 g/mol. The van der Waals surface area contributed by atoms with Crippen molar-refractivity contribution in [3.05, 3.63) is 12.7 Å². The van der Waals surface area contributed by atoms with Gasteiger partial charge in [-0.15, -0.1) is 6.42 Å². The number of rotatable bonds is 4. The number of nitrogens with zero attached hydrogens (tertiary/aromatic N) is 4. The van der Waals surface area contributed by atoms with Gasteiger partial charge < -0.3 is 35.0 Å². The topological polar surface area (TPSA) is 169 Å². The van der Waals surface area contributed by atoms with Crippen molar-refractivity contribution in [2.45, 2.75) is 30.5 Å². The molecule has 4 atom stereocenters. The van der Waals surface area contributed by atoms with Crippen LogP contribution in [0.2, 0.25) is 0 Å². The molecule has 2 aromatic heterocycles. The number of anilines is 1. The molecule has 11 nitrogen and oxygen atoms in total. The van der Waals surface area contributed by atoms with Crippen molar-refractivity contribution in [1.29, 1.82) is 0 Å². The fourth-order valence-electron chi connectivity index (χ4n) is 2.77. The van der Waals surface area contributed by atoms with Crippen LogP contribution in [0, 0.1) is 12.3 Å². The predicted molar refractivity (Wildman–Crippen MR) is 85.4 cm³/mol. The van der Waals surface area contributed by atoms with Crippen molar-refractivity contribution >= 4 is 25.6 Å². The van der Waals surface area contributed by atoms with Crippen molar-refractivity contribution in [1.82, 2.24) is 19.5 Å². The normalized spacial score (nSPS) is 32.4. The maximum absolute atomic E-state index is 10.8. The minimum Gasteiger partial charge on any atom is -0.386 e. The number of imidazole rings is 1. The number of ether oxygens (including phenoxy) is 1. The molecule has 134 valence electrons. The number of nitrogens with two attached hydrogens (primary N) is 1. The Hall–Kier alpha value is -1.90. The predicted octanol–water partition coefficient (Wildman–Crippen LogP) is -1.35. The molecule has 1 saturated heterocycles. The first-order valence-corrected chi connectivity index (χ1v) is 8.19. The van der Waals surface area contributed by atoms with E-state index in [0.29, 0.717) is 0 Å². The van der Waals surface area contributed by atoms with Crippen LogP contribution < -0.4 is 5.73 Å². The van der Waals surface area contributed by atoms with Crippen LogP contribution in [0.5, 0.6) is 0 Å². The Balaban J connectivity index is 2.05. The molecule has 0 amide bonds. The molecule has 12 heteroatoms. The standard InChI is InChI=1S/C13H16N5O6P/c1-3-13(20)10(19)12(2,4-23-25(21)22)24-11(13)18-6-17-7-8(14)15-5-16-9(7)18/h1,5-6,10-11,19-22H,4H2,2H3,(H2,14,15,16). The van der Waals surface area contributed by atoms with Crippen molar-refractivity contribution in [3.8, 4) is 12.3 Å². The van der Waals surface area contributed by atoms with E-state index in [4.69, 9.17) is 31.2 Å². The van der Waals surface area contributed by atoms with Crippen molar-refractivity contribution < 1.29 is 29.3 Å². The van der Waals surface area contributed by atoms with Gasteiger partial charge in [0.05, 0.1) is 12.9 Å². The van der Waals surface area contributed by atoms with E-state index in [1.807, 2.05) is 0 Å². The summed E-state index contributed by atoms with van der Waals surface area (Å²) in [5.41, 5.74) is 2.58. The first kappa shape index (κ1) is 17.9. The van der Waals surface area contributed by atoms with Crippen molar-refractivity contribution in [2.75, 3.05) is 12.3 Å². The van der Waals surface area contributed by atoms with E-state index in [-0.39, 0.29) is 17.0 Å². The second kappa shape index (κ2) is 6.12. The van der Waals surface area contributed by atoms with Gasteiger partial charge >= 0.3 is 8.60 Å². The van der Waals surface area contributed by atoms with Gasteiger partial charge in [-0.05, 0) is 6.92 Å². The molecule has 3 rings (SSSR count). The van der Waals surface area contributed by atoms with Crippen LogP contribution in [0.4, 0.5) is 5.82 Å². The first-order valence-electron chi connectivity index (χ1n) is 7.03. The lowest BCUT2D eigenvalue weighted by Gasteiger charge is -2.28. The third kappa shape index (κ3) is 2.74. The molecule has 6 N–H and O–H groups in total. The molecule has 4 unspecified atom stereocenters. The monoisotopic (exact) mass is 369 g/mol. The van der Waals surface area contributed by atoms with Crippen LogP contribution in [0.1, 0.15) is 13.2 Å². The molecule has 1 aliphatic heterocycles. The van der Waals surface area contributed by atoms with Gasteiger partial charge in [-0.3, -0.25) is 4.57 Å². The van der Waals surface area contributed by atoms with Crippen LogP contribution >= 0.6 is 8.60 Å². The Labute approximate surface area is 143 Å². The largest absolute Gasteiger partial charge is 0.386 e. The SMILES string of the molecule is C#CC1(O)C(n2cnc3c(N)ncnc32)OC(C)(COP(O)O)C1O. The van der Waals surface area contributed by atoms with Gasteiger partial charge in [0, 0.05) is 0 Å². The number of fused-ring (bicyclic) bond motifs is 1. The van der Waals surface area contributed by atoms with E-state index >= 15 is 0 Å². The summed E-state index contributed by atoms with van der Waals surface area (Å²) in [6.07, 6.45) is 5.08. The van der Waals surface area contributed by atoms with Crippen LogP contribution in [-0.2, 0) is 9.26 Å². The highest BCUT2D eigenvalue weighted by Gasteiger charge is 2.62. The summed E-state index contributed by atoms with van der Waals surface area (Å²) >= 11 is 0. The van der Waals surface area contributed by atoms with E-state index in [9.17, 15) is 10.2 Å². The second-order valence-corrected chi connectivity index (χ2v) is 6.53. The number of aliphatic hydroxyl groups excluding tert-OH is 1. The average Bonchev–Trinajstić information content (AvgIpc) is 3.08. The van der Waals surface area contributed by atoms with Gasteiger partial charge in [-0.2, -0.15) is 0 Å². The van der Waals surface area contributed by atoms with Crippen LogP contribution in [0.25, 0.3) is 11.2 Å². The quantitative estimate of drug-likeness (QED) is 0.321. The number of terminal acetylenes is 1. The molecular formula is C13H16N5O6P. The zero-order chi connectivity index (χ0) is 18.4. The first-order chi connectivity index (χ1) is 11.7. The van der Waals surface area contributed by atoms with E-state index in [1.165, 1.54) is 24.1 Å². The summed E-state index contributed by atoms with van der Waals surface area (Å²) in [5.74, 6) is 2.26. The molecule has 0 saturated carbocycles. The number of hydrogen-bond acceptors (Lipinski definition) is 10. The van der Waals surface area contributed by atoms with Gasteiger partial charge in [0.25, 0.3) is 0 Å². The number of aromatic nitrogens is 4. The summed E-state index contributed by atoms with van der Waals surface area (Å²) in [6.45, 7) is 0.998. The molecule has 0 aliphatic carbocycles. The lowest BCUT2D eigenvalue weighted by atomic mass is 9.88. The third-order valence-electron chi connectivity index (χ3n) is 4.09. The van der Waals surface area contributed by atoms with Gasteiger partial charge in [-0.25, -0.2) is 15.0 Å². The Morgan fingerprint density at radius 3 is 2.84 bits per heavy atom. The summed E-state index contributed by atoms with van der Waals surface area (Å²) in [5, 5.41) is 21.4. The fourth-order valence-corrected chi connectivity index (χ4v) is 3.14. The van der Waals surface area contributed by atoms with Gasteiger partial charge in [0.2, 0.25) is 0 Å². The Morgan fingerprint density at radius 2 is 2.20 bits per heavy atom. The Kier molecular flexibility index (Phi) is 4.38. The maximum atomic E-state index is 10.8. The minimum atomic E-state index is -2.68. The smallest absolute Gasteiger partial charge is 0.327 e. The van der Waals surface area contributed by atoms with Gasteiger partial charge in [0.15, 0.2) is 23.3 Å². The highest BCUT2D eigenvalue weighted by Crippen LogP contribution is 2.46. The van der Waals surface area contributed by atoms with E-state index in [2.05, 4.69) is 20.9 Å². The second-order valence-electron chi connectivity index (χ2n) is 5.76. The third-order valence-corrected chi connectivity index (χ3v) is 4.45. The zero-order valence-corrected chi connectivity index (χ0v) is 13.9. The van der Waals surface area contributed by atoms with Crippen molar-refractivity contribution in [3.63, 3.8) is 0 Å². The highest BCUT2D eigenvalue weighted by atomic mass is 31.2. The summed E-state index contributed by atoms with van der Waals surface area (Å²) < 4.78 is 11.8. The van der Waals surface area contributed by atoms with Crippen LogP contribution in [-0.4, -0.2) is 63.4 Å². The molecular weight excluding hydrogens is 353 g/mol. The van der Waals surface area contributed by atoms with Crippen LogP contribution in [0.3, 0.4) is 0 Å². The maximum Gasteiger partial charge on any atom is 0.327 e. The zero-order valence-electron chi connectivity index (χ0n) is 13.0. The molecule has 0 spiro atoms. The minimum absolute atomic E-state index is 0.129. The fraction of sp³-hybridized carbons (Fsp3) is 0.462. The molecule has 0 bridgehead atoms. The summed E-state index contributed by atoms with van der Waals surface area (Å²) in [6, 6.07) is 0. The highest BCUT2D eigenvalue weighted by molar-refractivity contribution is 7.39. The number of hydrogen-bond donors (Lipinski definition) is 5. The molecule has 0 radical (unpaired) electrons. The Morgan fingerprint density at radius 1 is 1.48 bits per heavy atom. The number of nitrogen functional groups attached to an aromatic ring is 1. The lowest BCUT2D eigenvalue weighted by molar-refractivity contribution is -0.113. The van der Waals surface area contributed by atoms with Gasteiger partial charge in [-0.1, -0.05) is 5.92 Å². The van der Waals surface area contributed by atoms with Gasteiger partial charge in [0.1, 0.15) is 23.5 Å². The summed E-state index contributed by atoms with van der Waals surface area (Å²) in [7, 11) is -2.68. The molecule has 3 heterocycles.